The van der Waals surface area contributed by atoms with E-state index in [1.54, 1.807) is 11.4 Å². The van der Waals surface area contributed by atoms with E-state index in [0.717, 1.165) is 12.8 Å². The van der Waals surface area contributed by atoms with Crippen LogP contribution in [0.15, 0.2) is 0 Å². The molecular formula is C14H31O2PS2. The third kappa shape index (κ3) is 8.72. The second kappa shape index (κ2) is 6.79. The van der Waals surface area contributed by atoms with E-state index in [2.05, 4.69) is 62.3 Å². The molecule has 0 fully saturated rings. The third-order valence-corrected chi connectivity index (χ3v) is 8.89. The average Bonchev–Trinajstić information content (AvgIpc) is 2.12. The zero-order chi connectivity index (χ0) is 15.5. The molecule has 2 nitrogen and oxygen atoms in total. The van der Waals surface area contributed by atoms with Gasteiger partial charge in [0, 0.05) is 4.75 Å². The van der Waals surface area contributed by atoms with Gasteiger partial charge < -0.3 is 9.05 Å². The molecule has 0 aliphatic heterocycles. The van der Waals surface area contributed by atoms with Gasteiger partial charge in [-0.15, -0.1) is 0 Å². The van der Waals surface area contributed by atoms with Crippen LogP contribution in [0.1, 0.15) is 75.2 Å². The molecular weight excluding hydrogens is 295 g/mol. The van der Waals surface area contributed by atoms with E-state index in [4.69, 9.17) is 20.9 Å². The summed E-state index contributed by atoms with van der Waals surface area (Å²) in [5.74, 6) is 0. The fraction of sp³-hybridized carbons (Fsp3) is 1.00. The lowest BCUT2D eigenvalue weighted by molar-refractivity contribution is 0.0561. The standard InChI is InChI=1S/C14H31O2PS2/c1-10-13(6,7)15-17(18,19-12(3,4)5)16-14(8,9)11-2/h10-11H2,1-9H3. The van der Waals surface area contributed by atoms with Gasteiger partial charge in [-0.25, -0.2) is 0 Å². The van der Waals surface area contributed by atoms with Crippen LogP contribution < -0.4 is 0 Å². The van der Waals surface area contributed by atoms with Crippen molar-refractivity contribution in [2.45, 2.75) is 91.1 Å². The Morgan fingerprint density at radius 2 is 1.16 bits per heavy atom. The molecule has 0 saturated heterocycles. The summed E-state index contributed by atoms with van der Waals surface area (Å²) in [6.07, 6.45) is 1.85. The van der Waals surface area contributed by atoms with Crippen LogP contribution in [0.25, 0.3) is 0 Å². The minimum absolute atomic E-state index is 0.0309. The highest BCUT2D eigenvalue weighted by molar-refractivity contribution is 8.68. The van der Waals surface area contributed by atoms with Crippen molar-refractivity contribution < 1.29 is 9.05 Å². The highest BCUT2D eigenvalue weighted by Crippen LogP contribution is 2.69. The SMILES string of the molecule is CCC(C)(C)OP(=S)(OC(C)(C)CC)SC(C)(C)C. The smallest absolute Gasteiger partial charge is 0.248 e. The van der Waals surface area contributed by atoms with Crippen molar-refractivity contribution in [1.82, 2.24) is 0 Å². The van der Waals surface area contributed by atoms with Crippen LogP contribution in [0.2, 0.25) is 0 Å². The van der Waals surface area contributed by atoms with E-state index in [1.165, 1.54) is 0 Å². The summed E-state index contributed by atoms with van der Waals surface area (Å²) in [5, 5.41) is 0. The van der Waals surface area contributed by atoms with Crippen LogP contribution in [-0.2, 0) is 20.9 Å². The van der Waals surface area contributed by atoms with Crippen LogP contribution in [0.4, 0.5) is 0 Å². The first-order chi connectivity index (χ1) is 8.24. The highest BCUT2D eigenvalue weighted by Gasteiger charge is 2.37. The van der Waals surface area contributed by atoms with Gasteiger partial charge >= 0.3 is 0 Å². The van der Waals surface area contributed by atoms with Crippen LogP contribution >= 0.6 is 17.1 Å². The molecule has 0 atom stereocenters. The van der Waals surface area contributed by atoms with Gasteiger partial charge in [-0.1, -0.05) is 46.0 Å². The molecule has 0 aliphatic rings. The average molecular weight is 327 g/mol. The Hall–Kier alpha value is 0.920. The van der Waals surface area contributed by atoms with Crippen LogP contribution in [0, 0.1) is 0 Å². The topological polar surface area (TPSA) is 18.5 Å². The van der Waals surface area contributed by atoms with Crippen molar-refractivity contribution in [3.63, 3.8) is 0 Å². The van der Waals surface area contributed by atoms with Crippen LogP contribution in [0.5, 0.6) is 0 Å². The molecule has 0 radical (unpaired) electrons. The first-order valence-corrected chi connectivity index (χ1v) is 11.0. The predicted molar refractivity (Wildman–Crippen MR) is 92.5 cm³/mol. The Bertz CT molecular complexity index is 311. The lowest BCUT2D eigenvalue weighted by Gasteiger charge is -2.39. The Kier molecular flexibility index (Phi) is 7.12. The predicted octanol–water partition coefficient (Wildman–Crippen LogP) is 6.15. The third-order valence-electron chi connectivity index (χ3n) is 2.81. The second-order valence-electron chi connectivity index (χ2n) is 7.06. The summed E-state index contributed by atoms with van der Waals surface area (Å²) in [6.45, 7) is 19.0. The molecule has 0 N–H and O–H groups in total. The normalized spacial score (nSPS) is 14.8. The van der Waals surface area contributed by atoms with Gasteiger partial charge in [-0.3, -0.25) is 0 Å². The minimum Gasteiger partial charge on any atom is -0.316 e. The second-order valence-corrected chi connectivity index (χ2v) is 13.9. The van der Waals surface area contributed by atoms with Gasteiger partial charge in [0.1, 0.15) is 0 Å². The molecule has 0 aromatic carbocycles. The molecule has 0 aliphatic carbocycles. The molecule has 116 valence electrons. The van der Waals surface area contributed by atoms with E-state index in [0.29, 0.717) is 0 Å². The van der Waals surface area contributed by atoms with Crippen molar-refractivity contribution in [2.24, 2.45) is 0 Å². The molecule has 0 unspecified atom stereocenters. The van der Waals surface area contributed by atoms with E-state index < -0.39 is 5.69 Å². The summed E-state index contributed by atoms with van der Waals surface area (Å²) in [5.41, 5.74) is -2.84. The van der Waals surface area contributed by atoms with Gasteiger partial charge in [0.2, 0.25) is 5.69 Å². The fourth-order valence-corrected chi connectivity index (χ4v) is 10.0. The summed E-state index contributed by atoms with van der Waals surface area (Å²) >= 11 is 7.48. The van der Waals surface area contributed by atoms with Crippen LogP contribution in [-0.4, -0.2) is 15.9 Å². The van der Waals surface area contributed by atoms with Crippen molar-refractivity contribution in [3.05, 3.63) is 0 Å². The fourth-order valence-electron chi connectivity index (χ4n) is 1.13. The minimum atomic E-state index is -2.37. The van der Waals surface area contributed by atoms with Gasteiger partial charge in [0.05, 0.1) is 11.2 Å². The molecule has 0 aromatic heterocycles. The van der Waals surface area contributed by atoms with E-state index >= 15 is 0 Å². The lowest BCUT2D eigenvalue weighted by atomic mass is 10.1. The molecule has 0 bridgehead atoms. The maximum atomic E-state index is 6.26. The molecule has 0 aromatic rings. The van der Waals surface area contributed by atoms with Gasteiger partial charge in [0.15, 0.2) is 0 Å². The summed E-state index contributed by atoms with van der Waals surface area (Å²) < 4.78 is 12.5. The number of hydrogen-bond acceptors (Lipinski definition) is 4. The zero-order valence-corrected chi connectivity index (χ0v) is 16.5. The molecule has 0 spiro atoms. The van der Waals surface area contributed by atoms with E-state index in [-0.39, 0.29) is 15.9 Å². The first-order valence-electron chi connectivity index (χ1n) is 6.96. The van der Waals surface area contributed by atoms with Gasteiger partial charge in [-0.05, 0) is 52.3 Å². The molecule has 0 heterocycles. The van der Waals surface area contributed by atoms with Gasteiger partial charge in [0.25, 0.3) is 0 Å². The van der Waals surface area contributed by atoms with Crippen LogP contribution in [0.3, 0.4) is 0 Å². The Morgan fingerprint density at radius 3 is 1.37 bits per heavy atom. The summed E-state index contributed by atoms with van der Waals surface area (Å²) in [7, 11) is 0. The molecule has 0 rings (SSSR count). The maximum absolute atomic E-state index is 6.26. The number of hydrogen-bond donors (Lipinski definition) is 0. The molecule has 19 heavy (non-hydrogen) atoms. The summed E-state index contributed by atoms with van der Waals surface area (Å²) in [4.78, 5) is 0. The monoisotopic (exact) mass is 326 g/mol. The Balaban J connectivity index is 5.20. The van der Waals surface area contributed by atoms with Crippen molar-refractivity contribution in [3.8, 4) is 0 Å². The summed E-state index contributed by atoms with van der Waals surface area (Å²) in [6, 6.07) is 0. The van der Waals surface area contributed by atoms with E-state index in [9.17, 15) is 0 Å². The van der Waals surface area contributed by atoms with Crippen molar-refractivity contribution in [2.75, 3.05) is 0 Å². The van der Waals surface area contributed by atoms with Crippen molar-refractivity contribution in [1.29, 1.82) is 0 Å². The molecule has 0 amide bonds. The zero-order valence-electron chi connectivity index (χ0n) is 14.0. The number of rotatable bonds is 7. The van der Waals surface area contributed by atoms with Gasteiger partial charge in [-0.2, -0.15) is 0 Å². The maximum Gasteiger partial charge on any atom is 0.248 e. The molecule has 5 heteroatoms. The highest BCUT2D eigenvalue weighted by atomic mass is 32.9. The van der Waals surface area contributed by atoms with Crippen molar-refractivity contribution >= 4 is 28.9 Å². The quantitative estimate of drug-likeness (QED) is 0.522. The molecule has 0 saturated carbocycles. The largest absolute Gasteiger partial charge is 0.316 e. The lowest BCUT2D eigenvalue weighted by Crippen LogP contribution is -2.27. The first kappa shape index (κ1) is 19.9. The van der Waals surface area contributed by atoms with E-state index in [1.807, 2.05) is 0 Å². The Morgan fingerprint density at radius 1 is 0.842 bits per heavy atom. The Labute approximate surface area is 129 Å².